The van der Waals surface area contributed by atoms with Crippen LogP contribution in [0.15, 0.2) is 12.1 Å². The fourth-order valence-electron chi connectivity index (χ4n) is 2.15. The van der Waals surface area contributed by atoms with Gasteiger partial charge < -0.3 is 10.4 Å². The molecule has 0 heterocycles. The Labute approximate surface area is 116 Å². The maximum absolute atomic E-state index is 13.3. The highest BCUT2D eigenvalue weighted by Crippen LogP contribution is 2.39. The Morgan fingerprint density at radius 3 is 2.74 bits per heavy atom. The number of amides is 1. The molecule has 1 aliphatic rings. The molecule has 1 aliphatic carbocycles. The molecule has 2 rings (SSSR count). The molecular formula is C14H17ClFNO2. The van der Waals surface area contributed by atoms with Crippen LogP contribution in [0.5, 0.6) is 0 Å². The van der Waals surface area contributed by atoms with E-state index in [1.807, 2.05) is 6.92 Å². The monoisotopic (exact) mass is 285 g/mol. The van der Waals surface area contributed by atoms with Gasteiger partial charge in [-0.25, -0.2) is 4.39 Å². The molecule has 3 nitrogen and oxygen atoms in total. The third-order valence-corrected chi connectivity index (χ3v) is 4.01. The predicted molar refractivity (Wildman–Crippen MR) is 71.8 cm³/mol. The quantitative estimate of drug-likeness (QED) is 0.893. The van der Waals surface area contributed by atoms with Crippen molar-refractivity contribution in [2.24, 2.45) is 5.92 Å². The highest BCUT2D eigenvalue weighted by Gasteiger charge is 2.42. The fourth-order valence-corrected chi connectivity index (χ4v) is 2.39. The Hall–Kier alpha value is -1.13. The lowest BCUT2D eigenvalue weighted by atomic mass is 9.96. The van der Waals surface area contributed by atoms with Gasteiger partial charge in [-0.2, -0.15) is 0 Å². The zero-order chi connectivity index (χ0) is 14.2. The summed E-state index contributed by atoms with van der Waals surface area (Å²) in [6, 6.07) is 2.57. The van der Waals surface area contributed by atoms with E-state index < -0.39 is 11.4 Å². The maximum Gasteiger partial charge on any atom is 0.253 e. The summed E-state index contributed by atoms with van der Waals surface area (Å²) >= 11 is 5.90. The number of carbonyl (C=O) groups is 1. The first-order valence-corrected chi connectivity index (χ1v) is 6.64. The van der Waals surface area contributed by atoms with Crippen LogP contribution in [0.1, 0.15) is 35.7 Å². The van der Waals surface area contributed by atoms with E-state index in [4.69, 9.17) is 11.6 Å². The maximum atomic E-state index is 13.3. The number of hydrogen-bond donors (Lipinski definition) is 2. The Balaban J connectivity index is 2.22. The van der Waals surface area contributed by atoms with E-state index in [2.05, 4.69) is 5.32 Å². The SMILES string of the molecule is Cc1cc(C(=O)NC(C)(CO)C2CC2)c(Cl)cc1F. The third kappa shape index (κ3) is 2.90. The summed E-state index contributed by atoms with van der Waals surface area (Å²) in [6.07, 6.45) is 1.99. The number of hydrogen-bond acceptors (Lipinski definition) is 2. The number of carbonyl (C=O) groups excluding carboxylic acids is 1. The van der Waals surface area contributed by atoms with E-state index in [-0.39, 0.29) is 23.1 Å². The molecule has 1 unspecified atom stereocenters. The summed E-state index contributed by atoms with van der Waals surface area (Å²) in [6.45, 7) is 3.27. The van der Waals surface area contributed by atoms with Gasteiger partial charge in [0.15, 0.2) is 0 Å². The fraction of sp³-hybridized carbons (Fsp3) is 0.500. The first-order valence-electron chi connectivity index (χ1n) is 6.26. The summed E-state index contributed by atoms with van der Waals surface area (Å²) in [5, 5.41) is 12.3. The second-order valence-electron chi connectivity index (χ2n) is 5.39. The summed E-state index contributed by atoms with van der Waals surface area (Å²) in [5.41, 5.74) is -0.0320. The van der Waals surface area contributed by atoms with Crippen molar-refractivity contribution < 1.29 is 14.3 Å². The van der Waals surface area contributed by atoms with Gasteiger partial charge in [0.1, 0.15) is 5.82 Å². The van der Waals surface area contributed by atoms with Crippen LogP contribution in [-0.4, -0.2) is 23.2 Å². The van der Waals surface area contributed by atoms with Crippen molar-refractivity contribution in [3.63, 3.8) is 0 Å². The molecule has 2 N–H and O–H groups in total. The molecule has 0 aliphatic heterocycles. The normalized spacial score (nSPS) is 17.9. The van der Waals surface area contributed by atoms with E-state index in [9.17, 15) is 14.3 Å². The lowest BCUT2D eigenvalue weighted by Crippen LogP contribution is -2.50. The molecule has 0 radical (unpaired) electrons. The van der Waals surface area contributed by atoms with Gasteiger partial charge in [-0.15, -0.1) is 0 Å². The topological polar surface area (TPSA) is 49.3 Å². The number of aliphatic hydroxyl groups excluding tert-OH is 1. The van der Waals surface area contributed by atoms with Gasteiger partial charge >= 0.3 is 0 Å². The molecule has 0 bridgehead atoms. The van der Waals surface area contributed by atoms with Crippen LogP contribution in [0.2, 0.25) is 5.02 Å². The molecule has 1 saturated carbocycles. The lowest BCUT2D eigenvalue weighted by Gasteiger charge is -2.29. The van der Waals surface area contributed by atoms with Gasteiger partial charge in [0.05, 0.1) is 22.7 Å². The Morgan fingerprint density at radius 1 is 1.58 bits per heavy atom. The summed E-state index contributed by atoms with van der Waals surface area (Å²) < 4.78 is 13.3. The second kappa shape index (κ2) is 5.10. The number of rotatable bonds is 4. The first kappa shape index (κ1) is 14.3. The van der Waals surface area contributed by atoms with E-state index >= 15 is 0 Å². The largest absolute Gasteiger partial charge is 0.394 e. The lowest BCUT2D eigenvalue weighted by molar-refractivity contribution is 0.0824. The van der Waals surface area contributed by atoms with Gasteiger partial charge in [0.25, 0.3) is 5.91 Å². The minimum absolute atomic E-state index is 0.0803. The minimum Gasteiger partial charge on any atom is -0.394 e. The van der Waals surface area contributed by atoms with Gasteiger partial charge in [-0.1, -0.05) is 11.6 Å². The van der Waals surface area contributed by atoms with E-state index in [1.165, 1.54) is 6.07 Å². The molecule has 1 aromatic carbocycles. The molecule has 0 spiro atoms. The van der Waals surface area contributed by atoms with Crippen LogP contribution < -0.4 is 5.32 Å². The molecule has 1 fully saturated rings. The van der Waals surface area contributed by atoms with Crippen molar-refractivity contribution in [1.82, 2.24) is 5.32 Å². The van der Waals surface area contributed by atoms with Crippen molar-refractivity contribution in [2.75, 3.05) is 6.61 Å². The minimum atomic E-state index is -0.636. The Morgan fingerprint density at radius 2 is 2.21 bits per heavy atom. The Kier molecular flexibility index (Phi) is 3.83. The van der Waals surface area contributed by atoms with E-state index in [1.54, 1.807) is 6.92 Å². The van der Waals surface area contributed by atoms with Crippen LogP contribution in [-0.2, 0) is 0 Å². The van der Waals surface area contributed by atoms with Crippen LogP contribution in [0.4, 0.5) is 4.39 Å². The summed E-state index contributed by atoms with van der Waals surface area (Å²) in [4.78, 5) is 12.2. The molecule has 1 aromatic rings. The number of benzene rings is 1. The number of halogens is 2. The number of aliphatic hydroxyl groups is 1. The highest BCUT2D eigenvalue weighted by molar-refractivity contribution is 6.33. The van der Waals surface area contributed by atoms with Gasteiger partial charge in [-0.3, -0.25) is 4.79 Å². The van der Waals surface area contributed by atoms with Crippen LogP contribution >= 0.6 is 11.6 Å². The molecule has 5 heteroatoms. The molecule has 1 atom stereocenters. The van der Waals surface area contributed by atoms with E-state index in [0.717, 1.165) is 18.9 Å². The zero-order valence-electron chi connectivity index (χ0n) is 11.0. The number of aryl methyl sites for hydroxylation is 1. The van der Waals surface area contributed by atoms with Crippen molar-refractivity contribution in [2.45, 2.75) is 32.2 Å². The van der Waals surface area contributed by atoms with Gasteiger partial charge in [-0.05, 0) is 50.3 Å². The smallest absolute Gasteiger partial charge is 0.253 e. The van der Waals surface area contributed by atoms with Crippen LogP contribution in [0, 0.1) is 18.7 Å². The average Bonchev–Trinajstić information content (AvgIpc) is 3.17. The standard InChI is InChI=1S/C14H17ClFNO2/c1-8-5-10(11(15)6-12(8)16)13(19)17-14(2,7-18)9-3-4-9/h5-6,9,18H,3-4,7H2,1-2H3,(H,17,19). The molecule has 104 valence electrons. The van der Waals surface area contributed by atoms with Gasteiger partial charge in [0, 0.05) is 0 Å². The van der Waals surface area contributed by atoms with Crippen LogP contribution in [0.3, 0.4) is 0 Å². The number of nitrogens with one attached hydrogen (secondary N) is 1. The molecule has 0 saturated heterocycles. The molecular weight excluding hydrogens is 269 g/mol. The molecule has 0 aromatic heterocycles. The Bertz CT molecular complexity index is 516. The van der Waals surface area contributed by atoms with Crippen molar-refractivity contribution in [3.05, 3.63) is 34.1 Å². The van der Waals surface area contributed by atoms with Crippen LogP contribution in [0.25, 0.3) is 0 Å². The summed E-state index contributed by atoms with van der Waals surface area (Å²) in [5.74, 6) is -0.521. The molecule has 1 amide bonds. The highest BCUT2D eigenvalue weighted by atomic mass is 35.5. The third-order valence-electron chi connectivity index (χ3n) is 3.70. The average molecular weight is 286 g/mol. The van der Waals surface area contributed by atoms with E-state index in [0.29, 0.717) is 11.5 Å². The predicted octanol–water partition coefficient (Wildman–Crippen LogP) is 2.68. The van der Waals surface area contributed by atoms with Crippen molar-refractivity contribution in [1.29, 1.82) is 0 Å². The first-order chi connectivity index (χ1) is 8.87. The second-order valence-corrected chi connectivity index (χ2v) is 5.79. The molecule has 19 heavy (non-hydrogen) atoms. The summed E-state index contributed by atoms with van der Waals surface area (Å²) in [7, 11) is 0. The van der Waals surface area contributed by atoms with Gasteiger partial charge in [0.2, 0.25) is 0 Å². The zero-order valence-corrected chi connectivity index (χ0v) is 11.7. The van der Waals surface area contributed by atoms with Crippen molar-refractivity contribution in [3.8, 4) is 0 Å². The van der Waals surface area contributed by atoms with Crippen molar-refractivity contribution >= 4 is 17.5 Å².